The van der Waals surface area contributed by atoms with E-state index in [1.54, 1.807) is 0 Å². The van der Waals surface area contributed by atoms with Crippen molar-refractivity contribution in [2.45, 2.75) is 45.7 Å². The van der Waals surface area contributed by atoms with E-state index < -0.39 is 0 Å². The van der Waals surface area contributed by atoms with Crippen LogP contribution in [-0.2, 0) is 4.79 Å². The molecular weight excluding hydrogens is 272 g/mol. The third-order valence-electron chi connectivity index (χ3n) is 3.87. The van der Waals surface area contributed by atoms with Gasteiger partial charge in [0.05, 0.1) is 6.04 Å². The Morgan fingerprint density at radius 2 is 2.15 bits per heavy atom. The van der Waals surface area contributed by atoms with Gasteiger partial charge in [0.25, 0.3) is 0 Å². The highest BCUT2D eigenvalue weighted by molar-refractivity contribution is 6.30. The maximum atomic E-state index is 12.3. The number of rotatable bonds is 3. The summed E-state index contributed by atoms with van der Waals surface area (Å²) < 4.78 is 0. The molecule has 2 unspecified atom stereocenters. The number of amides is 1. The lowest BCUT2D eigenvalue weighted by molar-refractivity contribution is -0.138. The molecule has 2 rings (SSSR count). The van der Waals surface area contributed by atoms with Crippen LogP contribution in [0.5, 0.6) is 0 Å². The molecular formula is C16H23ClN2O. The second kappa shape index (κ2) is 6.15. The van der Waals surface area contributed by atoms with Gasteiger partial charge in [-0.15, -0.1) is 0 Å². The largest absolute Gasteiger partial charge is 0.334 e. The maximum Gasteiger partial charge on any atom is 0.223 e. The lowest BCUT2D eigenvalue weighted by Crippen LogP contribution is -2.50. The molecule has 1 fully saturated rings. The van der Waals surface area contributed by atoms with E-state index in [2.05, 4.69) is 13.8 Å². The summed E-state index contributed by atoms with van der Waals surface area (Å²) in [7, 11) is 0. The van der Waals surface area contributed by atoms with Crippen LogP contribution in [0, 0.1) is 12.8 Å². The molecule has 20 heavy (non-hydrogen) atoms. The van der Waals surface area contributed by atoms with Crippen molar-refractivity contribution in [3.05, 3.63) is 34.3 Å². The van der Waals surface area contributed by atoms with Gasteiger partial charge >= 0.3 is 0 Å². The summed E-state index contributed by atoms with van der Waals surface area (Å²) in [5.41, 5.74) is 8.54. The summed E-state index contributed by atoms with van der Waals surface area (Å²) in [5.74, 6) is 0.638. The van der Waals surface area contributed by atoms with E-state index in [1.165, 1.54) is 0 Å². The van der Waals surface area contributed by atoms with Crippen LogP contribution in [0.3, 0.4) is 0 Å². The Bertz CT molecular complexity index is 501. The normalized spacial score (nSPS) is 23.5. The molecule has 1 amide bonds. The van der Waals surface area contributed by atoms with Gasteiger partial charge in [0, 0.05) is 24.0 Å². The van der Waals surface area contributed by atoms with Gasteiger partial charge < -0.3 is 10.6 Å². The Labute approximate surface area is 126 Å². The molecule has 1 aromatic rings. The number of carbonyl (C=O) groups excluding carboxylic acids is 1. The summed E-state index contributed by atoms with van der Waals surface area (Å²) in [6, 6.07) is 5.79. The highest BCUT2D eigenvalue weighted by atomic mass is 35.5. The first-order valence-corrected chi connectivity index (χ1v) is 7.59. The van der Waals surface area contributed by atoms with E-state index in [0.717, 1.165) is 29.1 Å². The van der Waals surface area contributed by atoms with Gasteiger partial charge in [0.1, 0.15) is 0 Å². The first-order valence-electron chi connectivity index (χ1n) is 7.21. The molecule has 1 saturated heterocycles. The molecule has 2 atom stereocenters. The number of halogens is 1. The van der Waals surface area contributed by atoms with Gasteiger partial charge in [-0.1, -0.05) is 31.5 Å². The first kappa shape index (κ1) is 15.3. The minimum Gasteiger partial charge on any atom is -0.334 e. The molecule has 0 radical (unpaired) electrons. The average molecular weight is 295 g/mol. The molecule has 0 aromatic heterocycles. The van der Waals surface area contributed by atoms with Gasteiger partial charge in [0.15, 0.2) is 0 Å². The van der Waals surface area contributed by atoms with Gasteiger partial charge in [-0.25, -0.2) is 0 Å². The Morgan fingerprint density at radius 1 is 1.45 bits per heavy atom. The third kappa shape index (κ3) is 3.15. The van der Waals surface area contributed by atoms with E-state index >= 15 is 0 Å². The van der Waals surface area contributed by atoms with E-state index in [-0.39, 0.29) is 18.0 Å². The number of nitrogens with two attached hydrogens (primary N) is 1. The van der Waals surface area contributed by atoms with Crippen molar-refractivity contribution in [1.29, 1.82) is 0 Å². The molecule has 0 saturated carbocycles. The SMILES string of the molecule is Cc1cc(Cl)ccc1C1C(N)CCC(=O)N1CC(C)C. The van der Waals surface area contributed by atoms with Crippen molar-refractivity contribution in [3.63, 3.8) is 0 Å². The van der Waals surface area contributed by atoms with E-state index in [9.17, 15) is 4.79 Å². The Morgan fingerprint density at radius 3 is 2.75 bits per heavy atom. The van der Waals surface area contributed by atoms with Crippen molar-refractivity contribution in [2.75, 3.05) is 6.54 Å². The predicted octanol–water partition coefficient (Wildman–Crippen LogP) is 3.30. The van der Waals surface area contributed by atoms with Crippen molar-refractivity contribution in [2.24, 2.45) is 11.7 Å². The number of hydrogen-bond donors (Lipinski definition) is 1. The molecule has 3 nitrogen and oxygen atoms in total. The quantitative estimate of drug-likeness (QED) is 0.930. The molecule has 4 heteroatoms. The molecule has 0 bridgehead atoms. The number of carbonyl (C=O) groups is 1. The summed E-state index contributed by atoms with van der Waals surface area (Å²) >= 11 is 6.03. The smallest absolute Gasteiger partial charge is 0.223 e. The van der Waals surface area contributed by atoms with Crippen LogP contribution in [0.1, 0.15) is 43.9 Å². The van der Waals surface area contributed by atoms with Gasteiger partial charge in [-0.2, -0.15) is 0 Å². The number of aryl methyl sites for hydroxylation is 1. The summed E-state index contributed by atoms with van der Waals surface area (Å²) in [6.45, 7) is 7.03. The van der Waals surface area contributed by atoms with Crippen LogP contribution >= 0.6 is 11.6 Å². The number of benzene rings is 1. The lowest BCUT2D eigenvalue weighted by atomic mass is 9.87. The van der Waals surface area contributed by atoms with Crippen LogP contribution in [0.4, 0.5) is 0 Å². The molecule has 0 spiro atoms. The second-order valence-electron chi connectivity index (χ2n) is 6.09. The minimum absolute atomic E-state index is 0.00803. The van der Waals surface area contributed by atoms with Gasteiger partial charge in [-0.05, 0) is 42.5 Å². The average Bonchev–Trinajstić information content (AvgIpc) is 2.35. The van der Waals surface area contributed by atoms with Gasteiger partial charge in [0.2, 0.25) is 5.91 Å². The molecule has 110 valence electrons. The molecule has 1 aliphatic rings. The molecule has 1 aliphatic heterocycles. The molecule has 2 N–H and O–H groups in total. The van der Waals surface area contributed by atoms with Crippen LogP contribution in [0.25, 0.3) is 0 Å². The summed E-state index contributed by atoms with van der Waals surface area (Å²) in [4.78, 5) is 14.2. The fraction of sp³-hybridized carbons (Fsp3) is 0.562. The molecule has 1 heterocycles. The number of piperidine rings is 1. The zero-order chi connectivity index (χ0) is 14.9. The van der Waals surface area contributed by atoms with Crippen molar-refractivity contribution < 1.29 is 4.79 Å². The Kier molecular flexibility index (Phi) is 4.71. The highest BCUT2D eigenvalue weighted by Gasteiger charge is 2.35. The van der Waals surface area contributed by atoms with Crippen molar-refractivity contribution >= 4 is 17.5 Å². The van der Waals surface area contributed by atoms with Crippen LogP contribution in [-0.4, -0.2) is 23.4 Å². The highest BCUT2D eigenvalue weighted by Crippen LogP contribution is 2.34. The summed E-state index contributed by atoms with van der Waals surface area (Å²) in [6.07, 6.45) is 1.30. The topological polar surface area (TPSA) is 46.3 Å². The Balaban J connectivity index is 2.39. The van der Waals surface area contributed by atoms with E-state index in [1.807, 2.05) is 30.0 Å². The van der Waals surface area contributed by atoms with Gasteiger partial charge in [-0.3, -0.25) is 4.79 Å². The number of likely N-dealkylation sites (tertiary alicyclic amines) is 1. The fourth-order valence-electron chi connectivity index (χ4n) is 2.96. The van der Waals surface area contributed by atoms with Crippen LogP contribution in [0.2, 0.25) is 5.02 Å². The van der Waals surface area contributed by atoms with Crippen LogP contribution in [0.15, 0.2) is 18.2 Å². The maximum absolute atomic E-state index is 12.3. The standard InChI is InChI=1S/C16H23ClN2O/c1-10(2)9-19-15(20)7-6-14(18)16(19)13-5-4-12(17)8-11(13)3/h4-5,8,10,14,16H,6-7,9,18H2,1-3H3. The molecule has 1 aromatic carbocycles. The number of nitrogens with zero attached hydrogens (tertiary/aromatic N) is 1. The Hall–Kier alpha value is -1.06. The fourth-order valence-corrected chi connectivity index (χ4v) is 3.18. The van der Waals surface area contributed by atoms with Crippen LogP contribution < -0.4 is 5.73 Å². The predicted molar refractivity (Wildman–Crippen MR) is 82.7 cm³/mol. The molecule has 0 aliphatic carbocycles. The summed E-state index contributed by atoms with van der Waals surface area (Å²) in [5, 5.41) is 0.720. The zero-order valence-corrected chi connectivity index (χ0v) is 13.2. The van der Waals surface area contributed by atoms with Crippen molar-refractivity contribution in [1.82, 2.24) is 4.90 Å². The monoisotopic (exact) mass is 294 g/mol. The van der Waals surface area contributed by atoms with E-state index in [4.69, 9.17) is 17.3 Å². The minimum atomic E-state index is -0.0316. The van der Waals surface area contributed by atoms with Crippen molar-refractivity contribution in [3.8, 4) is 0 Å². The first-order chi connectivity index (χ1) is 9.40. The zero-order valence-electron chi connectivity index (χ0n) is 12.4. The number of hydrogen-bond acceptors (Lipinski definition) is 2. The van der Waals surface area contributed by atoms with E-state index in [0.29, 0.717) is 12.3 Å². The third-order valence-corrected chi connectivity index (χ3v) is 4.10. The lowest BCUT2D eigenvalue weighted by Gasteiger charge is -2.41. The second-order valence-corrected chi connectivity index (χ2v) is 6.52.